The van der Waals surface area contributed by atoms with Gasteiger partial charge in [-0.3, -0.25) is 9.59 Å². The number of hydrogen-bond donors (Lipinski definition) is 1. The van der Waals surface area contributed by atoms with Crippen molar-refractivity contribution in [1.29, 1.82) is 0 Å². The highest BCUT2D eigenvalue weighted by atomic mass is 35.5. The van der Waals surface area contributed by atoms with E-state index in [1.54, 1.807) is 38.2 Å². The number of rotatable bonds is 5. The van der Waals surface area contributed by atoms with Crippen LogP contribution in [0.4, 0.5) is 0 Å². The molecule has 1 aromatic rings. The average molecular weight is 316 g/mol. The highest BCUT2D eigenvalue weighted by Gasteiger charge is 2.15. The molecule has 4 nitrogen and oxygen atoms in total. The third-order valence-corrected chi connectivity index (χ3v) is 3.28. The molecule has 1 aromatic carbocycles. The number of amides is 1. The zero-order valence-corrected chi connectivity index (χ0v) is 12.6. The van der Waals surface area contributed by atoms with Crippen molar-refractivity contribution >= 4 is 41.2 Å². The van der Waals surface area contributed by atoms with Crippen molar-refractivity contribution in [2.45, 2.75) is 6.92 Å². The molecule has 0 aliphatic rings. The molecule has 0 saturated carbocycles. The zero-order chi connectivity index (χ0) is 15.3. The van der Waals surface area contributed by atoms with Gasteiger partial charge < -0.3 is 10.0 Å². The van der Waals surface area contributed by atoms with Crippen LogP contribution in [-0.2, 0) is 9.59 Å². The second kappa shape index (κ2) is 7.31. The first-order valence-electron chi connectivity index (χ1n) is 5.92. The van der Waals surface area contributed by atoms with E-state index >= 15 is 0 Å². The van der Waals surface area contributed by atoms with E-state index in [9.17, 15) is 9.59 Å². The monoisotopic (exact) mass is 315 g/mol. The number of carboxylic acid groups (broad SMARTS) is 1. The quantitative estimate of drug-likeness (QED) is 0.849. The Bertz CT molecular complexity index is 543. The maximum Gasteiger partial charge on any atom is 0.308 e. The van der Waals surface area contributed by atoms with Gasteiger partial charge in [0.2, 0.25) is 5.91 Å². The van der Waals surface area contributed by atoms with Crippen LogP contribution in [-0.4, -0.2) is 35.5 Å². The number of aliphatic carboxylic acids is 1. The van der Waals surface area contributed by atoms with Gasteiger partial charge in [0, 0.05) is 29.7 Å². The Morgan fingerprint density at radius 1 is 1.40 bits per heavy atom. The minimum absolute atomic E-state index is 0.146. The van der Waals surface area contributed by atoms with Crippen molar-refractivity contribution in [3.8, 4) is 0 Å². The zero-order valence-electron chi connectivity index (χ0n) is 11.1. The van der Waals surface area contributed by atoms with Crippen molar-refractivity contribution in [3.05, 3.63) is 39.9 Å². The predicted molar refractivity (Wildman–Crippen MR) is 79.9 cm³/mol. The summed E-state index contributed by atoms with van der Waals surface area (Å²) in [5.74, 6) is -1.84. The SMILES string of the molecule is CC(CN(C)C(=O)C=Cc1ccc(Cl)cc1Cl)C(=O)O. The molecule has 0 spiro atoms. The standard InChI is InChI=1S/C14H15Cl2NO3/c1-9(14(19)20)8-17(2)13(18)6-4-10-3-5-11(15)7-12(10)16/h3-7,9H,8H2,1-2H3,(H,19,20). The van der Waals surface area contributed by atoms with Gasteiger partial charge in [0.15, 0.2) is 0 Å². The van der Waals surface area contributed by atoms with Gasteiger partial charge in [-0.2, -0.15) is 0 Å². The van der Waals surface area contributed by atoms with E-state index in [0.717, 1.165) is 0 Å². The molecule has 20 heavy (non-hydrogen) atoms. The van der Waals surface area contributed by atoms with Crippen LogP contribution < -0.4 is 0 Å². The van der Waals surface area contributed by atoms with Crippen LogP contribution in [0.3, 0.4) is 0 Å². The van der Waals surface area contributed by atoms with Crippen LogP contribution in [0, 0.1) is 5.92 Å². The Hall–Kier alpha value is -1.52. The average Bonchev–Trinajstić information content (AvgIpc) is 2.37. The Labute approximate surface area is 127 Å². The van der Waals surface area contributed by atoms with Gasteiger partial charge in [0.05, 0.1) is 5.92 Å². The number of carbonyl (C=O) groups is 2. The first-order valence-corrected chi connectivity index (χ1v) is 6.68. The van der Waals surface area contributed by atoms with Crippen LogP contribution in [0.15, 0.2) is 24.3 Å². The number of benzene rings is 1. The number of hydrogen-bond acceptors (Lipinski definition) is 2. The molecule has 0 aliphatic heterocycles. The molecule has 1 N–H and O–H groups in total. The Balaban J connectivity index is 2.69. The van der Waals surface area contributed by atoms with Gasteiger partial charge >= 0.3 is 5.97 Å². The van der Waals surface area contributed by atoms with E-state index in [2.05, 4.69) is 0 Å². The molecule has 6 heteroatoms. The smallest absolute Gasteiger partial charge is 0.308 e. The second-order valence-corrected chi connectivity index (χ2v) is 5.30. The van der Waals surface area contributed by atoms with Crippen LogP contribution in [0.1, 0.15) is 12.5 Å². The lowest BCUT2D eigenvalue weighted by Gasteiger charge is -2.17. The van der Waals surface area contributed by atoms with Gasteiger partial charge in [-0.1, -0.05) is 36.2 Å². The van der Waals surface area contributed by atoms with Crippen molar-refractivity contribution in [1.82, 2.24) is 4.90 Å². The largest absolute Gasteiger partial charge is 0.481 e. The van der Waals surface area contributed by atoms with Gasteiger partial charge in [-0.25, -0.2) is 0 Å². The normalized spacial score (nSPS) is 12.4. The predicted octanol–water partition coefficient (Wildman–Crippen LogP) is 3.19. The fourth-order valence-corrected chi connectivity index (χ4v) is 1.98. The number of carbonyl (C=O) groups excluding carboxylic acids is 1. The molecule has 0 fully saturated rings. The Morgan fingerprint density at radius 3 is 2.60 bits per heavy atom. The van der Waals surface area contributed by atoms with Crippen LogP contribution in [0.2, 0.25) is 10.0 Å². The van der Waals surface area contributed by atoms with E-state index in [1.807, 2.05) is 0 Å². The van der Waals surface area contributed by atoms with Gasteiger partial charge in [0.25, 0.3) is 0 Å². The third-order valence-electron chi connectivity index (χ3n) is 2.71. The summed E-state index contributed by atoms with van der Waals surface area (Å²) in [5.41, 5.74) is 0.670. The molecular formula is C14H15Cl2NO3. The molecule has 0 heterocycles. The summed E-state index contributed by atoms with van der Waals surface area (Å²) in [5, 5.41) is 9.76. The molecule has 1 rings (SSSR count). The lowest BCUT2D eigenvalue weighted by molar-refractivity contribution is -0.142. The summed E-state index contributed by atoms with van der Waals surface area (Å²) in [4.78, 5) is 23.9. The van der Waals surface area contributed by atoms with Gasteiger partial charge in [0.1, 0.15) is 0 Å². The van der Waals surface area contributed by atoms with Crippen molar-refractivity contribution in [3.63, 3.8) is 0 Å². The summed E-state index contributed by atoms with van der Waals surface area (Å²) in [7, 11) is 1.55. The Kier molecular flexibility index (Phi) is 6.05. The summed E-state index contributed by atoms with van der Waals surface area (Å²) in [6, 6.07) is 4.96. The molecule has 1 unspecified atom stereocenters. The third kappa shape index (κ3) is 4.87. The lowest BCUT2D eigenvalue weighted by Crippen LogP contribution is -2.32. The number of nitrogens with zero attached hydrogens (tertiary/aromatic N) is 1. The molecular weight excluding hydrogens is 301 g/mol. The highest BCUT2D eigenvalue weighted by Crippen LogP contribution is 2.22. The highest BCUT2D eigenvalue weighted by molar-refractivity contribution is 6.35. The van der Waals surface area contributed by atoms with Crippen LogP contribution >= 0.6 is 23.2 Å². The minimum atomic E-state index is -0.936. The summed E-state index contributed by atoms with van der Waals surface area (Å²) in [6.45, 7) is 1.69. The summed E-state index contributed by atoms with van der Waals surface area (Å²) < 4.78 is 0. The summed E-state index contributed by atoms with van der Waals surface area (Å²) in [6.07, 6.45) is 2.92. The Morgan fingerprint density at radius 2 is 2.05 bits per heavy atom. The molecule has 108 valence electrons. The van der Waals surface area contributed by atoms with E-state index in [-0.39, 0.29) is 12.5 Å². The van der Waals surface area contributed by atoms with Gasteiger partial charge in [-0.05, 0) is 23.8 Å². The van der Waals surface area contributed by atoms with E-state index in [4.69, 9.17) is 28.3 Å². The number of carboxylic acids is 1. The summed E-state index contributed by atoms with van der Waals surface area (Å²) >= 11 is 11.8. The van der Waals surface area contributed by atoms with Crippen molar-refractivity contribution < 1.29 is 14.7 Å². The maximum absolute atomic E-state index is 11.8. The molecule has 1 amide bonds. The van der Waals surface area contributed by atoms with Crippen LogP contribution in [0.5, 0.6) is 0 Å². The van der Waals surface area contributed by atoms with E-state index in [0.29, 0.717) is 15.6 Å². The maximum atomic E-state index is 11.8. The number of likely N-dealkylation sites (N-methyl/N-ethyl adjacent to an activating group) is 1. The first-order chi connectivity index (χ1) is 9.31. The van der Waals surface area contributed by atoms with Crippen molar-refractivity contribution in [2.24, 2.45) is 5.92 Å². The molecule has 0 aliphatic carbocycles. The lowest BCUT2D eigenvalue weighted by atomic mass is 10.1. The van der Waals surface area contributed by atoms with E-state index < -0.39 is 11.9 Å². The molecule has 0 aromatic heterocycles. The van der Waals surface area contributed by atoms with E-state index in [1.165, 1.54) is 11.0 Å². The van der Waals surface area contributed by atoms with Gasteiger partial charge in [-0.15, -0.1) is 0 Å². The fraction of sp³-hybridized carbons (Fsp3) is 0.286. The fourth-order valence-electron chi connectivity index (χ4n) is 1.50. The van der Waals surface area contributed by atoms with Crippen LogP contribution in [0.25, 0.3) is 6.08 Å². The first kappa shape index (κ1) is 16.5. The topological polar surface area (TPSA) is 57.6 Å². The second-order valence-electron chi connectivity index (χ2n) is 4.46. The number of halogens is 2. The molecule has 1 atom stereocenters. The molecule has 0 bridgehead atoms. The molecule has 0 radical (unpaired) electrons. The molecule has 0 saturated heterocycles. The van der Waals surface area contributed by atoms with Crippen molar-refractivity contribution in [2.75, 3.05) is 13.6 Å². The minimum Gasteiger partial charge on any atom is -0.481 e.